The van der Waals surface area contributed by atoms with Gasteiger partial charge in [0, 0.05) is 12.5 Å². The zero-order chi connectivity index (χ0) is 21.6. The second-order valence-electron chi connectivity index (χ2n) is 7.36. The predicted octanol–water partition coefficient (Wildman–Crippen LogP) is 5.45. The minimum Gasteiger partial charge on any atom is -0.491 e. The SMILES string of the molecule is CC(=O)N[C@@H](C)COc1ccc(-c2nc3ccc(OCc4ccccc4)cc3s2)cc1. The number of thiazole rings is 1. The maximum absolute atomic E-state index is 11.1. The molecule has 3 aromatic carbocycles. The van der Waals surface area contributed by atoms with Gasteiger partial charge in [-0.05, 0) is 55.0 Å². The quantitative estimate of drug-likeness (QED) is 0.402. The molecule has 4 aromatic rings. The van der Waals surface area contributed by atoms with Crippen molar-refractivity contribution in [1.29, 1.82) is 0 Å². The second-order valence-corrected chi connectivity index (χ2v) is 8.39. The summed E-state index contributed by atoms with van der Waals surface area (Å²) in [4.78, 5) is 15.8. The molecule has 5 nitrogen and oxygen atoms in total. The van der Waals surface area contributed by atoms with Crippen molar-refractivity contribution in [3.05, 3.63) is 78.4 Å². The molecule has 31 heavy (non-hydrogen) atoms. The number of ether oxygens (including phenoxy) is 2. The Kier molecular flexibility index (Phi) is 6.48. The molecule has 0 spiro atoms. The van der Waals surface area contributed by atoms with E-state index in [1.165, 1.54) is 6.92 Å². The topological polar surface area (TPSA) is 60.5 Å². The summed E-state index contributed by atoms with van der Waals surface area (Å²) >= 11 is 1.64. The van der Waals surface area contributed by atoms with Gasteiger partial charge in [-0.1, -0.05) is 30.3 Å². The van der Waals surface area contributed by atoms with E-state index < -0.39 is 0 Å². The Morgan fingerprint density at radius 3 is 2.48 bits per heavy atom. The van der Waals surface area contributed by atoms with E-state index in [0.717, 1.165) is 37.9 Å². The molecule has 0 aliphatic heterocycles. The van der Waals surface area contributed by atoms with Gasteiger partial charge in [0.1, 0.15) is 29.7 Å². The van der Waals surface area contributed by atoms with Gasteiger partial charge in [0.2, 0.25) is 5.91 Å². The Hall–Kier alpha value is -3.38. The van der Waals surface area contributed by atoms with Crippen LogP contribution < -0.4 is 14.8 Å². The van der Waals surface area contributed by atoms with Gasteiger partial charge in [0.05, 0.1) is 16.3 Å². The van der Waals surface area contributed by atoms with E-state index in [1.807, 2.05) is 67.6 Å². The first-order valence-electron chi connectivity index (χ1n) is 10.1. The normalized spacial score (nSPS) is 11.8. The first-order valence-corrected chi connectivity index (χ1v) is 11.0. The molecule has 0 aliphatic rings. The molecule has 0 fully saturated rings. The van der Waals surface area contributed by atoms with Gasteiger partial charge in [-0.25, -0.2) is 4.98 Å². The van der Waals surface area contributed by atoms with E-state index in [1.54, 1.807) is 11.3 Å². The molecule has 1 amide bonds. The average Bonchev–Trinajstić information content (AvgIpc) is 3.20. The third kappa shape index (κ3) is 5.61. The molecule has 0 bridgehead atoms. The molecular formula is C25H24N2O3S. The summed E-state index contributed by atoms with van der Waals surface area (Å²) in [6.07, 6.45) is 0. The lowest BCUT2D eigenvalue weighted by molar-refractivity contribution is -0.119. The maximum Gasteiger partial charge on any atom is 0.217 e. The van der Waals surface area contributed by atoms with Crippen LogP contribution in [0.25, 0.3) is 20.8 Å². The van der Waals surface area contributed by atoms with Gasteiger partial charge in [-0.15, -0.1) is 11.3 Å². The van der Waals surface area contributed by atoms with Crippen LogP contribution in [-0.4, -0.2) is 23.5 Å². The van der Waals surface area contributed by atoms with Crippen molar-refractivity contribution in [3.63, 3.8) is 0 Å². The summed E-state index contributed by atoms with van der Waals surface area (Å²) in [5.41, 5.74) is 3.13. The highest BCUT2D eigenvalue weighted by atomic mass is 32.1. The van der Waals surface area contributed by atoms with Crippen LogP contribution in [0.1, 0.15) is 19.4 Å². The van der Waals surface area contributed by atoms with Crippen LogP contribution in [0.5, 0.6) is 11.5 Å². The molecule has 1 heterocycles. The van der Waals surface area contributed by atoms with Crippen molar-refractivity contribution in [2.75, 3.05) is 6.61 Å². The number of amides is 1. The van der Waals surface area contributed by atoms with Crippen LogP contribution in [0.4, 0.5) is 0 Å². The van der Waals surface area contributed by atoms with E-state index >= 15 is 0 Å². The zero-order valence-corrected chi connectivity index (χ0v) is 18.3. The van der Waals surface area contributed by atoms with Crippen LogP contribution in [0.15, 0.2) is 72.8 Å². The minimum absolute atomic E-state index is 0.0419. The molecule has 1 N–H and O–H groups in total. The fourth-order valence-electron chi connectivity index (χ4n) is 3.16. The van der Waals surface area contributed by atoms with E-state index in [-0.39, 0.29) is 11.9 Å². The standard InChI is InChI=1S/C25H24N2O3S/c1-17(26-18(2)28)15-29-21-10-8-20(9-11-21)25-27-23-13-12-22(14-24(23)31-25)30-16-19-6-4-3-5-7-19/h3-14,17H,15-16H2,1-2H3,(H,26,28)/t17-/m0/s1. The fraction of sp³-hybridized carbons (Fsp3) is 0.200. The number of hydrogen-bond acceptors (Lipinski definition) is 5. The van der Waals surface area contributed by atoms with Crippen molar-refractivity contribution in [2.45, 2.75) is 26.5 Å². The highest BCUT2D eigenvalue weighted by molar-refractivity contribution is 7.21. The van der Waals surface area contributed by atoms with E-state index in [0.29, 0.717) is 13.2 Å². The molecule has 158 valence electrons. The molecule has 0 unspecified atom stereocenters. The van der Waals surface area contributed by atoms with Crippen molar-refractivity contribution < 1.29 is 14.3 Å². The average molecular weight is 433 g/mol. The Morgan fingerprint density at radius 1 is 1.00 bits per heavy atom. The van der Waals surface area contributed by atoms with Gasteiger partial charge < -0.3 is 14.8 Å². The number of aromatic nitrogens is 1. The van der Waals surface area contributed by atoms with E-state index in [2.05, 4.69) is 17.4 Å². The Morgan fingerprint density at radius 2 is 1.74 bits per heavy atom. The third-order valence-electron chi connectivity index (χ3n) is 4.66. The third-order valence-corrected chi connectivity index (χ3v) is 5.73. The van der Waals surface area contributed by atoms with E-state index in [4.69, 9.17) is 14.5 Å². The minimum atomic E-state index is -0.0593. The van der Waals surface area contributed by atoms with Crippen LogP contribution in [0.3, 0.4) is 0 Å². The molecule has 0 saturated carbocycles. The molecule has 4 rings (SSSR count). The number of carbonyl (C=O) groups excluding carboxylic acids is 1. The first-order chi connectivity index (χ1) is 15.1. The number of nitrogens with zero attached hydrogens (tertiary/aromatic N) is 1. The number of carbonyl (C=O) groups is 1. The van der Waals surface area contributed by atoms with Gasteiger partial charge >= 0.3 is 0 Å². The lowest BCUT2D eigenvalue weighted by Gasteiger charge is -2.13. The highest BCUT2D eigenvalue weighted by Gasteiger charge is 2.09. The van der Waals surface area contributed by atoms with E-state index in [9.17, 15) is 4.79 Å². The lowest BCUT2D eigenvalue weighted by atomic mass is 10.2. The first kappa shape index (κ1) is 20.9. The number of hydrogen-bond donors (Lipinski definition) is 1. The monoisotopic (exact) mass is 432 g/mol. The summed E-state index contributed by atoms with van der Waals surface area (Å²) in [5, 5.41) is 3.76. The number of benzene rings is 3. The van der Waals surface area contributed by atoms with Crippen LogP contribution in [-0.2, 0) is 11.4 Å². The molecule has 1 atom stereocenters. The highest BCUT2D eigenvalue weighted by Crippen LogP contribution is 2.33. The van der Waals surface area contributed by atoms with Crippen molar-refractivity contribution >= 4 is 27.5 Å². The summed E-state index contributed by atoms with van der Waals surface area (Å²) in [7, 11) is 0. The predicted molar refractivity (Wildman–Crippen MR) is 125 cm³/mol. The molecular weight excluding hydrogens is 408 g/mol. The van der Waals surface area contributed by atoms with Gasteiger partial charge in [-0.2, -0.15) is 0 Å². The zero-order valence-electron chi connectivity index (χ0n) is 17.5. The summed E-state index contributed by atoms with van der Waals surface area (Å²) in [5.74, 6) is 1.54. The van der Waals surface area contributed by atoms with Crippen molar-refractivity contribution in [1.82, 2.24) is 10.3 Å². The fourth-order valence-corrected chi connectivity index (χ4v) is 4.16. The van der Waals surface area contributed by atoms with Crippen LogP contribution in [0.2, 0.25) is 0 Å². The molecule has 6 heteroatoms. The maximum atomic E-state index is 11.1. The Labute approximate surface area is 185 Å². The van der Waals surface area contributed by atoms with Crippen molar-refractivity contribution in [3.8, 4) is 22.1 Å². The summed E-state index contributed by atoms with van der Waals surface area (Å²) in [6.45, 7) is 4.38. The lowest BCUT2D eigenvalue weighted by Crippen LogP contribution is -2.35. The number of rotatable bonds is 8. The van der Waals surface area contributed by atoms with Gasteiger partial charge in [-0.3, -0.25) is 4.79 Å². The summed E-state index contributed by atoms with van der Waals surface area (Å²) < 4.78 is 12.8. The second kappa shape index (κ2) is 9.62. The van der Waals surface area contributed by atoms with Crippen LogP contribution in [0, 0.1) is 0 Å². The molecule has 0 aliphatic carbocycles. The van der Waals surface area contributed by atoms with Gasteiger partial charge in [0.25, 0.3) is 0 Å². The molecule has 0 radical (unpaired) electrons. The van der Waals surface area contributed by atoms with Gasteiger partial charge in [0.15, 0.2) is 0 Å². The Bertz CT molecular complexity index is 1160. The molecule has 1 aromatic heterocycles. The van der Waals surface area contributed by atoms with Crippen molar-refractivity contribution in [2.24, 2.45) is 0 Å². The Balaban J connectivity index is 1.41. The largest absolute Gasteiger partial charge is 0.491 e. The number of nitrogens with one attached hydrogen (secondary N) is 1. The molecule has 0 saturated heterocycles. The summed E-state index contributed by atoms with van der Waals surface area (Å²) in [6, 6.07) is 23.9. The smallest absolute Gasteiger partial charge is 0.217 e. The van der Waals surface area contributed by atoms with Crippen LogP contribution >= 0.6 is 11.3 Å². The number of fused-ring (bicyclic) bond motifs is 1.